The van der Waals surface area contributed by atoms with Gasteiger partial charge in [-0.3, -0.25) is 20.0 Å². The Balaban J connectivity index is 1.35. The number of aromatic nitrogens is 2. The van der Waals surface area contributed by atoms with Crippen LogP contribution >= 0.6 is 24.4 Å². The number of rotatable bonds is 4. The molecule has 1 aliphatic heterocycles. The minimum absolute atomic E-state index is 0.0409. The predicted molar refractivity (Wildman–Crippen MR) is 133 cm³/mol. The number of fused-ring (bicyclic) bond motifs is 1. The molecule has 9 heteroatoms. The summed E-state index contributed by atoms with van der Waals surface area (Å²) in [5.41, 5.74) is 6.65. The van der Waals surface area contributed by atoms with Crippen LogP contribution in [-0.4, -0.2) is 21.8 Å². The molecular formula is C24H19N5O2S2. The van der Waals surface area contributed by atoms with E-state index in [1.165, 1.54) is 0 Å². The van der Waals surface area contributed by atoms with Gasteiger partial charge in [-0.2, -0.15) is 0 Å². The smallest absolute Gasteiger partial charge is 0.255 e. The first kappa shape index (κ1) is 21.0. The van der Waals surface area contributed by atoms with Gasteiger partial charge in [0, 0.05) is 16.6 Å². The summed E-state index contributed by atoms with van der Waals surface area (Å²) in [6.07, 6.45) is 0.348. The van der Waals surface area contributed by atoms with Gasteiger partial charge < -0.3 is 15.3 Å². The first-order valence-electron chi connectivity index (χ1n) is 10.3. The Hall–Kier alpha value is -3.82. The van der Waals surface area contributed by atoms with Crippen LogP contribution in [0.4, 0.5) is 11.4 Å². The van der Waals surface area contributed by atoms with Crippen molar-refractivity contribution in [2.24, 2.45) is 0 Å². The Morgan fingerprint density at radius 1 is 0.970 bits per heavy atom. The molecule has 4 N–H and O–H groups in total. The van der Waals surface area contributed by atoms with Crippen LogP contribution in [0.15, 0.2) is 72.8 Å². The molecule has 2 amide bonds. The van der Waals surface area contributed by atoms with Crippen LogP contribution in [-0.2, 0) is 4.79 Å². The number of hydrogen-bond donors (Lipinski definition) is 4. The second-order valence-electron chi connectivity index (χ2n) is 7.71. The Kier molecular flexibility index (Phi) is 5.49. The van der Waals surface area contributed by atoms with E-state index in [0.29, 0.717) is 27.1 Å². The van der Waals surface area contributed by atoms with Crippen molar-refractivity contribution in [3.05, 3.63) is 93.3 Å². The number of aromatic amines is 2. The van der Waals surface area contributed by atoms with Crippen molar-refractivity contribution in [3.8, 4) is 0 Å². The second kappa shape index (κ2) is 8.61. The number of nitrogens with one attached hydrogen (secondary N) is 4. The Labute approximate surface area is 199 Å². The van der Waals surface area contributed by atoms with E-state index >= 15 is 0 Å². The highest BCUT2D eigenvalue weighted by Gasteiger charge is 2.31. The maximum absolute atomic E-state index is 12.8. The lowest BCUT2D eigenvalue weighted by atomic mass is 10.0. The number of carbonyl (C=O) groups is 2. The van der Waals surface area contributed by atoms with Gasteiger partial charge in [-0.15, -0.1) is 0 Å². The summed E-state index contributed by atoms with van der Waals surface area (Å²) in [6, 6.07) is 22.3. The fourth-order valence-electron chi connectivity index (χ4n) is 3.93. The molecule has 0 radical (unpaired) electrons. The van der Waals surface area contributed by atoms with Gasteiger partial charge >= 0.3 is 0 Å². The summed E-state index contributed by atoms with van der Waals surface area (Å²) < 4.78 is 0.975. The van der Waals surface area contributed by atoms with Crippen molar-refractivity contribution in [3.63, 3.8) is 0 Å². The maximum Gasteiger partial charge on any atom is 0.255 e. The minimum Gasteiger partial charge on any atom is -0.332 e. The summed E-state index contributed by atoms with van der Waals surface area (Å²) in [6.45, 7) is 0. The maximum atomic E-state index is 12.8. The van der Waals surface area contributed by atoms with E-state index in [1.54, 1.807) is 24.3 Å². The third kappa shape index (κ3) is 4.28. The van der Waals surface area contributed by atoms with Crippen molar-refractivity contribution in [1.29, 1.82) is 0 Å². The normalized spacial score (nSPS) is 15.5. The zero-order chi connectivity index (χ0) is 22.9. The topological polar surface area (TPSA) is 93.0 Å². The quantitative estimate of drug-likeness (QED) is 0.306. The fourth-order valence-corrected chi connectivity index (χ4v) is 4.49. The average molecular weight is 474 g/mol. The Morgan fingerprint density at radius 2 is 1.73 bits per heavy atom. The molecular weight excluding hydrogens is 454 g/mol. The van der Waals surface area contributed by atoms with E-state index < -0.39 is 0 Å². The minimum atomic E-state index is -0.235. The van der Waals surface area contributed by atoms with Gasteiger partial charge in [0.1, 0.15) is 4.64 Å². The van der Waals surface area contributed by atoms with Crippen molar-refractivity contribution in [2.45, 2.75) is 12.5 Å². The highest BCUT2D eigenvalue weighted by atomic mass is 32.1. The van der Waals surface area contributed by atoms with Crippen molar-refractivity contribution < 1.29 is 9.59 Å². The molecule has 5 rings (SSSR count). The van der Waals surface area contributed by atoms with Gasteiger partial charge in [-0.25, -0.2) is 0 Å². The number of H-pyrrole nitrogens is 2. The third-order valence-electron chi connectivity index (χ3n) is 5.52. The summed E-state index contributed by atoms with van der Waals surface area (Å²) >= 11 is 10.4. The van der Waals surface area contributed by atoms with E-state index in [0.717, 1.165) is 22.2 Å². The monoisotopic (exact) mass is 473 g/mol. The van der Waals surface area contributed by atoms with Crippen molar-refractivity contribution in [1.82, 2.24) is 15.4 Å². The fraction of sp³-hybridized carbons (Fsp3) is 0.0833. The molecule has 1 unspecified atom stereocenters. The molecule has 1 atom stereocenters. The summed E-state index contributed by atoms with van der Waals surface area (Å²) in [5, 5.41) is 5.59. The Morgan fingerprint density at radius 3 is 2.48 bits per heavy atom. The predicted octanol–water partition coefficient (Wildman–Crippen LogP) is 5.19. The highest BCUT2D eigenvalue weighted by Crippen LogP contribution is 2.32. The lowest BCUT2D eigenvalue weighted by Gasteiger charge is -2.25. The van der Waals surface area contributed by atoms with Gasteiger partial charge in [0.25, 0.3) is 5.91 Å². The second-order valence-corrected chi connectivity index (χ2v) is 8.52. The number of para-hydroxylation sites is 1. The Bertz CT molecular complexity index is 1480. The summed E-state index contributed by atoms with van der Waals surface area (Å²) in [7, 11) is 0. The van der Waals surface area contributed by atoms with Crippen LogP contribution in [0.1, 0.15) is 28.4 Å². The van der Waals surface area contributed by atoms with Crippen LogP contribution in [0, 0.1) is 9.41 Å². The van der Waals surface area contributed by atoms with E-state index in [2.05, 4.69) is 20.7 Å². The standard InChI is InChI=1S/C24H19N5O2S2/c30-21-13-20(29(28-21)17-4-2-1-3-5-17)14-6-8-15(9-7-14)22(31)25-16-10-11-18-19(12-16)26-24(33)27-23(18)32/h1-12,20H,13H2,(H,25,31)(H,28,30)(H2,26,27,32,33). The molecule has 164 valence electrons. The molecule has 33 heavy (non-hydrogen) atoms. The summed E-state index contributed by atoms with van der Waals surface area (Å²) in [5.74, 6) is -0.276. The number of hydrazine groups is 1. The molecule has 1 fully saturated rings. The van der Waals surface area contributed by atoms with Crippen LogP contribution in [0.3, 0.4) is 0 Å². The first-order valence-corrected chi connectivity index (χ1v) is 11.1. The van der Waals surface area contributed by atoms with E-state index in [1.807, 2.05) is 53.5 Å². The molecule has 1 saturated heterocycles. The van der Waals surface area contributed by atoms with Crippen molar-refractivity contribution in [2.75, 3.05) is 10.3 Å². The lowest BCUT2D eigenvalue weighted by molar-refractivity contribution is -0.119. The third-order valence-corrected chi connectivity index (χ3v) is 6.05. The molecule has 0 bridgehead atoms. The highest BCUT2D eigenvalue weighted by molar-refractivity contribution is 7.72. The van der Waals surface area contributed by atoms with Gasteiger partial charge in [-0.1, -0.05) is 42.5 Å². The van der Waals surface area contributed by atoms with Crippen LogP contribution in [0.2, 0.25) is 0 Å². The molecule has 0 aliphatic carbocycles. The largest absolute Gasteiger partial charge is 0.332 e. The van der Waals surface area contributed by atoms with E-state index in [4.69, 9.17) is 24.4 Å². The van der Waals surface area contributed by atoms with E-state index in [-0.39, 0.29) is 17.9 Å². The van der Waals surface area contributed by atoms with Gasteiger partial charge in [0.15, 0.2) is 4.77 Å². The SMILES string of the molecule is O=C1CC(c2ccc(C(=O)Nc3ccc4c(=S)[nH]c(=S)[nH]c4c3)cc2)N(c2ccccc2)N1. The molecule has 4 aromatic rings. The zero-order valence-electron chi connectivity index (χ0n) is 17.3. The van der Waals surface area contributed by atoms with Crippen LogP contribution < -0.4 is 15.8 Å². The molecule has 0 spiro atoms. The van der Waals surface area contributed by atoms with Crippen LogP contribution in [0.5, 0.6) is 0 Å². The number of nitrogens with zero attached hydrogens (tertiary/aromatic N) is 1. The number of hydrogen-bond acceptors (Lipinski definition) is 5. The molecule has 7 nitrogen and oxygen atoms in total. The number of anilines is 2. The van der Waals surface area contributed by atoms with Gasteiger partial charge in [-0.05, 0) is 60.2 Å². The number of benzene rings is 3. The molecule has 1 aromatic heterocycles. The molecule has 1 aliphatic rings. The van der Waals surface area contributed by atoms with E-state index in [9.17, 15) is 9.59 Å². The first-order chi connectivity index (χ1) is 16.0. The lowest BCUT2D eigenvalue weighted by Crippen LogP contribution is -2.34. The average Bonchev–Trinajstić information content (AvgIpc) is 3.21. The van der Waals surface area contributed by atoms with Gasteiger partial charge in [0.2, 0.25) is 5.91 Å². The molecule has 3 aromatic carbocycles. The summed E-state index contributed by atoms with van der Waals surface area (Å²) in [4.78, 5) is 30.8. The molecule has 2 heterocycles. The van der Waals surface area contributed by atoms with Gasteiger partial charge in [0.05, 0.1) is 23.7 Å². The van der Waals surface area contributed by atoms with Crippen molar-refractivity contribution >= 4 is 58.5 Å². The zero-order valence-corrected chi connectivity index (χ0v) is 18.9. The number of amides is 2. The van der Waals surface area contributed by atoms with Crippen LogP contribution in [0.25, 0.3) is 10.9 Å². The number of carbonyl (C=O) groups excluding carboxylic acids is 2. The molecule has 0 saturated carbocycles.